The molecule has 0 saturated heterocycles. The summed E-state index contributed by atoms with van der Waals surface area (Å²) < 4.78 is 20.4. The number of aromatic nitrogens is 1. The van der Waals surface area contributed by atoms with Crippen LogP contribution >= 0.6 is 0 Å². The molecule has 0 aromatic carbocycles. The van der Waals surface area contributed by atoms with Crippen LogP contribution in [-0.2, 0) is 14.3 Å². The molecule has 0 fully saturated rings. The molecule has 2 atom stereocenters. The monoisotopic (exact) mass is 415 g/mol. The Morgan fingerprint density at radius 2 is 1.97 bits per heavy atom. The molecule has 10 heteroatoms. The summed E-state index contributed by atoms with van der Waals surface area (Å²) in [7, 11) is 1.43. The molecule has 0 aliphatic rings. The van der Waals surface area contributed by atoms with Crippen LogP contribution in [0.2, 0.25) is 0 Å². The summed E-state index contributed by atoms with van der Waals surface area (Å²) in [6.45, 7) is 8.82. The van der Waals surface area contributed by atoms with Crippen molar-refractivity contribution in [3.63, 3.8) is 0 Å². The van der Waals surface area contributed by atoms with Gasteiger partial charge in [-0.2, -0.15) is 0 Å². The minimum atomic E-state index is -1.06. The van der Waals surface area contributed by atoms with Crippen molar-refractivity contribution in [1.29, 1.82) is 0 Å². The van der Waals surface area contributed by atoms with Crippen LogP contribution in [0.3, 0.4) is 0 Å². The minimum Gasteiger partial charge on any atom is -0.473 e. The van der Waals surface area contributed by atoms with Crippen LogP contribution < -0.4 is 15.4 Å². The molecule has 166 valence electrons. The van der Waals surface area contributed by atoms with Gasteiger partial charge in [-0.05, 0) is 52.6 Å². The second-order valence-electron chi connectivity index (χ2n) is 8.08. The summed E-state index contributed by atoms with van der Waals surface area (Å²) in [5.41, 5.74) is -1.64. The van der Waals surface area contributed by atoms with E-state index >= 15 is 0 Å². The van der Waals surface area contributed by atoms with E-state index in [0.29, 0.717) is 19.4 Å². The van der Waals surface area contributed by atoms with Gasteiger partial charge in [-0.3, -0.25) is 4.79 Å². The molecule has 0 aliphatic heterocycles. The maximum atomic E-state index is 12.4. The average molecular weight is 415 g/mol. The van der Waals surface area contributed by atoms with Gasteiger partial charge < -0.3 is 34.5 Å². The molecule has 2 amide bonds. The number of aliphatic hydroxyl groups excluding tert-OH is 1. The Bertz CT molecular complexity index is 626. The van der Waals surface area contributed by atoms with Crippen LogP contribution in [0.25, 0.3) is 0 Å². The zero-order chi connectivity index (χ0) is 22.1. The fourth-order valence-corrected chi connectivity index (χ4v) is 2.19. The third-order valence-electron chi connectivity index (χ3n) is 4.01. The third kappa shape index (κ3) is 9.62. The number of rotatable bonds is 11. The van der Waals surface area contributed by atoms with Crippen LogP contribution in [0.1, 0.15) is 47.5 Å². The van der Waals surface area contributed by atoms with E-state index < -0.39 is 29.4 Å². The molecule has 0 spiro atoms. The van der Waals surface area contributed by atoms with E-state index in [2.05, 4.69) is 20.3 Å². The lowest BCUT2D eigenvalue weighted by molar-refractivity contribution is -0.141. The van der Waals surface area contributed by atoms with Gasteiger partial charge in [0.05, 0.1) is 6.04 Å². The molecule has 0 radical (unpaired) electrons. The van der Waals surface area contributed by atoms with E-state index in [1.165, 1.54) is 19.4 Å². The predicted molar refractivity (Wildman–Crippen MR) is 104 cm³/mol. The number of hydrogen-bond acceptors (Lipinski definition) is 8. The summed E-state index contributed by atoms with van der Waals surface area (Å²) in [5, 5.41) is 19.5. The van der Waals surface area contributed by atoms with Gasteiger partial charge in [-0.1, -0.05) is 0 Å². The largest absolute Gasteiger partial charge is 0.473 e. The molecule has 1 aromatic rings. The Morgan fingerprint density at radius 1 is 1.28 bits per heavy atom. The van der Waals surface area contributed by atoms with Gasteiger partial charge in [0.25, 0.3) is 11.8 Å². The second-order valence-corrected chi connectivity index (χ2v) is 8.08. The first kappa shape index (κ1) is 24.7. The highest BCUT2D eigenvalue weighted by Gasteiger charge is 2.31. The SMILES string of the molecule is COC(C)(C)C(=O)NC(CCCNC(=O)OC(C)(C)C)C(O)COc1ccon1. The van der Waals surface area contributed by atoms with Crippen LogP contribution in [0.5, 0.6) is 5.88 Å². The normalized spacial score (nSPS) is 14.0. The number of amides is 2. The number of carbonyl (C=O) groups is 2. The number of nitrogens with one attached hydrogen (secondary N) is 2. The fourth-order valence-electron chi connectivity index (χ4n) is 2.19. The molecular weight excluding hydrogens is 382 g/mol. The van der Waals surface area contributed by atoms with E-state index in [4.69, 9.17) is 14.2 Å². The third-order valence-corrected chi connectivity index (χ3v) is 4.01. The number of ether oxygens (including phenoxy) is 3. The summed E-state index contributed by atoms with van der Waals surface area (Å²) in [5.74, 6) is -0.136. The molecule has 1 heterocycles. The molecule has 2 unspecified atom stereocenters. The van der Waals surface area contributed by atoms with Gasteiger partial charge in [0, 0.05) is 19.7 Å². The zero-order valence-electron chi connectivity index (χ0n) is 18.0. The highest BCUT2D eigenvalue weighted by atomic mass is 16.6. The Labute approximate surface area is 171 Å². The summed E-state index contributed by atoms with van der Waals surface area (Å²) in [6.07, 6.45) is 0.714. The Balaban J connectivity index is 2.59. The zero-order valence-corrected chi connectivity index (χ0v) is 18.0. The Morgan fingerprint density at radius 3 is 2.52 bits per heavy atom. The van der Waals surface area contributed by atoms with Gasteiger partial charge in [-0.15, -0.1) is 0 Å². The molecule has 1 aromatic heterocycles. The first-order valence-corrected chi connectivity index (χ1v) is 9.49. The fraction of sp³-hybridized carbons (Fsp3) is 0.737. The van der Waals surface area contributed by atoms with Crippen molar-refractivity contribution in [1.82, 2.24) is 15.8 Å². The quantitative estimate of drug-likeness (QED) is 0.465. The van der Waals surface area contributed by atoms with Crippen LogP contribution in [0.4, 0.5) is 4.79 Å². The molecule has 10 nitrogen and oxygen atoms in total. The minimum absolute atomic E-state index is 0.0929. The number of alkyl carbamates (subject to hydrolysis) is 1. The molecular formula is C19H33N3O7. The number of methoxy groups -OCH3 is 1. The van der Waals surface area contributed by atoms with E-state index in [1.807, 2.05) is 0 Å². The van der Waals surface area contributed by atoms with E-state index in [0.717, 1.165) is 0 Å². The lowest BCUT2D eigenvalue weighted by Crippen LogP contribution is -2.53. The van der Waals surface area contributed by atoms with Crippen LogP contribution in [-0.4, -0.2) is 65.9 Å². The van der Waals surface area contributed by atoms with Crippen LogP contribution in [0.15, 0.2) is 16.9 Å². The lowest BCUT2D eigenvalue weighted by atomic mass is 10.0. The van der Waals surface area contributed by atoms with Crippen molar-refractivity contribution in [2.45, 2.75) is 70.8 Å². The number of aliphatic hydroxyl groups is 1. The van der Waals surface area contributed by atoms with Crippen LogP contribution in [0, 0.1) is 0 Å². The van der Waals surface area contributed by atoms with Crippen molar-refractivity contribution in [3.05, 3.63) is 12.3 Å². The summed E-state index contributed by atoms with van der Waals surface area (Å²) >= 11 is 0. The molecule has 0 saturated carbocycles. The lowest BCUT2D eigenvalue weighted by Gasteiger charge is -2.29. The number of carbonyl (C=O) groups excluding carboxylic acids is 2. The van der Waals surface area contributed by atoms with E-state index in [-0.39, 0.29) is 18.4 Å². The highest BCUT2D eigenvalue weighted by molar-refractivity contribution is 5.84. The summed E-state index contributed by atoms with van der Waals surface area (Å²) in [6, 6.07) is 0.892. The topological polar surface area (TPSA) is 132 Å². The van der Waals surface area contributed by atoms with Gasteiger partial charge >= 0.3 is 6.09 Å². The molecule has 0 bridgehead atoms. The molecule has 0 aliphatic carbocycles. The second kappa shape index (κ2) is 11.0. The highest BCUT2D eigenvalue weighted by Crippen LogP contribution is 2.12. The maximum Gasteiger partial charge on any atom is 0.407 e. The van der Waals surface area contributed by atoms with E-state index in [1.54, 1.807) is 34.6 Å². The predicted octanol–water partition coefficient (Wildman–Crippen LogP) is 1.63. The standard InChI is InChI=1S/C19H33N3O7/c1-18(2,3)29-17(25)20-10-7-8-13(21-16(24)19(4,5)26-6)14(23)12-27-15-9-11-28-22-15/h9,11,13-14,23H,7-8,10,12H2,1-6H3,(H,20,25)(H,21,24). The maximum absolute atomic E-state index is 12.4. The van der Waals surface area contributed by atoms with Gasteiger partial charge in [-0.25, -0.2) is 4.79 Å². The van der Waals surface area contributed by atoms with Crippen molar-refractivity contribution >= 4 is 12.0 Å². The Kier molecular flexibility index (Phi) is 9.38. The summed E-state index contributed by atoms with van der Waals surface area (Å²) in [4.78, 5) is 24.2. The Hall–Kier alpha value is -2.33. The van der Waals surface area contributed by atoms with Crippen molar-refractivity contribution < 1.29 is 33.4 Å². The van der Waals surface area contributed by atoms with Crippen molar-refractivity contribution in [3.8, 4) is 5.88 Å². The van der Waals surface area contributed by atoms with Gasteiger partial charge in [0.15, 0.2) is 0 Å². The number of nitrogens with zero attached hydrogens (tertiary/aromatic N) is 1. The molecule has 29 heavy (non-hydrogen) atoms. The number of hydrogen-bond donors (Lipinski definition) is 3. The van der Waals surface area contributed by atoms with Gasteiger partial charge in [0.2, 0.25) is 0 Å². The van der Waals surface area contributed by atoms with Crippen molar-refractivity contribution in [2.24, 2.45) is 0 Å². The van der Waals surface area contributed by atoms with Gasteiger partial charge in [0.1, 0.15) is 30.2 Å². The average Bonchev–Trinajstić information content (AvgIpc) is 3.14. The molecule has 3 N–H and O–H groups in total. The first-order valence-electron chi connectivity index (χ1n) is 9.49. The van der Waals surface area contributed by atoms with Crippen molar-refractivity contribution in [2.75, 3.05) is 20.3 Å². The smallest absolute Gasteiger partial charge is 0.407 e. The first-order chi connectivity index (χ1) is 13.4. The van der Waals surface area contributed by atoms with E-state index in [9.17, 15) is 14.7 Å². The molecule has 1 rings (SSSR count).